The largest absolute Gasteiger partial charge is 0.494 e. The number of anilines is 2. The molecule has 0 saturated carbocycles. The van der Waals surface area contributed by atoms with Crippen LogP contribution in [0.2, 0.25) is 0 Å². The highest BCUT2D eigenvalue weighted by atomic mass is 32.1. The minimum Gasteiger partial charge on any atom is -0.494 e. The van der Waals surface area contributed by atoms with Gasteiger partial charge in [0.15, 0.2) is 5.13 Å². The maximum atomic E-state index is 13.0. The van der Waals surface area contributed by atoms with E-state index in [4.69, 9.17) is 9.47 Å². The molecular weight excluding hydrogens is 432 g/mol. The Morgan fingerprint density at radius 1 is 1.22 bits per heavy atom. The predicted octanol–water partition coefficient (Wildman–Crippen LogP) is 4.74. The third kappa shape index (κ3) is 5.59. The van der Waals surface area contributed by atoms with Crippen LogP contribution < -0.4 is 15.4 Å². The van der Waals surface area contributed by atoms with Crippen LogP contribution in [-0.4, -0.2) is 42.7 Å². The topological polar surface area (TPSA) is 116 Å². The Balaban J connectivity index is 1.83. The number of nitro benzene ring substituents is 1. The number of ether oxygens (including phenoxy) is 2. The smallest absolute Gasteiger partial charge is 0.270 e. The van der Waals surface area contributed by atoms with Crippen LogP contribution in [0.25, 0.3) is 11.3 Å². The number of aryl methyl sites for hydroxylation is 1. The first kappa shape index (κ1) is 23.2. The van der Waals surface area contributed by atoms with E-state index in [1.807, 2.05) is 38.1 Å². The zero-order chi connectivity index (χ0) is 23.1. The maximum absolute atomic E-state index is 13.0. The molecule has 3 aromatic rings. The summed E-state index contributed by atoms with van der Waals surface area (Å²) in [7, 11) is 1.57. The number of amides is 1. The zero-order valence-corrected chi connectivity index (χ0v) is 18.8. The van der Waals surface area contributed by atoms with E-state index in [0.29, 0.717) is 30.6 Å². The Hall–Kier alpha value is -3.50. The average molecular weight is 457 g/mol. The van der Waals surface area contributed by atoms with Gasteiger partial charge < -0.3 is 14.8 Å². The van der Waals surface area contributed by atoms with Crippen LogP contribution >= 0.6 is 11.3 Å². The molecule has 0 spiro atoms. The van der Waals surface area contributed by atoms with E-state index in [9.17, 15) is 14.9 Å². The molecule has 0 aliphatic rings. The van der Waals surface area contributed by atoms with E-state index in [1.54, 1.807) is 7.11 Å². The summed E-state index contributed by atoms with van der Waals surface area (Å²) >= 11 is 1.34. The molecule has 2 aromatic carbocycles. The van der Waals surface area contributed by atoms with Gasteiger partial charge in [0.2, 0.25) is 0 Å². The minimum absolute atomic E-state index is 0.158. The predicted molar refractivity (Wildman–Crippen MR) is 125 cm³/mol. The number of rotatable bonds is 10. The molecule has 2 N–H and O–H groups in total. The molecule has 1 amide bonds. The van der Waals surface area contributed by atoms with Crippen molar-refractivity contribution in [3.8, 4) is 17.0 Å². The monoisotopic (exact) mass is 456 g/mol. The number of nitrogens with one attached hydrogen (secondary N) is 2. The number of methoxy groups -OCH3 is 1. The number of carbonyl (C=O) groups excluding carboxylic acids is 1. The molecule has 0 atom stereocenters. The van der Waals surface area contributed by atoms with Crippen LogP contribution in [0.5, 0.6) is 5.75 Å². The number of carbonyl (C=O) groups is 1. The second-order valence-corrected chi connectivity index (χ2v) is 7.95. The molecular formula is C22H24N4O5S. The standard InChI is InChI=1S/C22H24N4O5S/c1-4-31-17-8-5-15(6-9-17)20-14(2)32-22(24-20)25-21(27)18-13-16(26(28)29)7-10-19(18)23-11-12-30-3/h5-10,13,23H,4,11-12H2,1-3H3,(H,24,25,27). The third-order valence-corrected chi connectivity index (χ3v) is 5.42. The van der Waals surface area contributed by atoms with E-state index >= 15 is 0 Å². The summed E-state index contributed by atoms with van der Waals surface area (Å²) in [5.74, 6) is 0.289. The molecule has 1 aromatic heterocycles. The lowest BCUT2D eigenvalue weighted by Crippen LogP contribution is -2.16. The van der Waals surface area contributed by atoms with E-state index in [1.165, 1.54) is 29.5 Å². The molecule has 0 aliphatic carbocycles. The van der Waals surface area contributed by atoms with Crippen molar-refractivity contribution >= 4 is 33.8 Å². The highest BCUT2D eigenvalue weighted by Crippen LogP contribution is 2.32. The molecule has 9 nitrogen and oxygen atoms in total. The van der Waals surface area contributed by atoms with E-state index in [-0.39, 0.29) is 11.3 Å². The first-order chi connectivity index (χ1) is 15.4. The summed E-state index contributed by atoms with van der Waals surface area (Å²) in [6.45, 7) is 5.31. The molecule has 10 heteroatoms. The number of aromatic nitrogens is 1. The highest BCUT2D eigenvalue weighted by molar-refractivity contribution is 7.16. The van der Waals surface area contributed by atoms with E-state index < -0.39 is 10.8 Å². The molecule has 1 heterocycles. The minimum atomic E-state index is -0.534. The second-order valence-electron chi connectivity index (χ2n) is 6.74. The second kappa shape index (κ2) is 10.7. The maximum Gasteiger partial charge on any atom is 0.270 e. The molecule has 168 valence electrons. The molecule has 0 aliphatic heterocycles. The van der Waals surface area contributed by atoms with Gasteiger partial charge in [0, 0.05) is 41.9 Å². The van der Waals surface area contributed by atoms with Crippen molar-refractivity contribution in [3.05, 3.63) is 63.0 Å². The Labute approximate surface area is 189 Å². The van der Waals surface area contributed by atoms with Crippen LogP contribution in [-0.2, 0) is 4.74 Å². The molecule has 0 unspecified atom stereocenters. The number of benzene rings is 2. The number of nitrogens with zero attached hydrogens (tertiary/aromatic N) is 2. The number of hydrogen-bond acceptors (Lipinski definition) is 8. The van der Waals surface area contributed by atoms with Crippen molar-refractivity contribution in [3.63, 3.8) is 0 Å². The lowest BCUT2D eigenvalue weighted by atomic mass is 10.1. The van der Waals surface area contributed by atoms with Crippen LogP contribution in [0.3, 0.4) is 0 Å². The zero-order valence-electron chi connectivity index (χ0n) is 18.0. The van der Waals surface area contributed by atoms with Crippen LogP contribution in [0.4, 0.5) is 16.5 Å². The number of nitro groups is 1. The van der Waals surface area contributed by atoms with Gasteiger partial charge in [-0.2, -0.15) is 0 Å². The summed E-state index contributed by atoms with van der Waals surface area (Å²) in [4.78, 5) is 29.1. The number of hydrogen-bond donors (Lipinski definition) is 2. The van der Waals surface area contributed by atoms with E-state index in [0.717, 1.165) is 21.9 Å². The van der Waals surface area contributed by atoms with Crippen molar-refractivity contribution in [2.45, 2.75) is 13.8 Å². The number of non-ortho nitro benzene ring substituents is 1. The molecule has 0 bridgehead atoms. The van der Waals surface area contributed by atoms with E-state index in [2.05, 4.69) is 15.6 Å². The Morgan fingerprint density at radius 2 is 1.97 bits per heavy atom. The van der Waals surface area contributed by atoms with Crippen molar-refractivity contribution < 1.29 is 19.2 Å². The molecule has 0 fully saturated rings. The first-order valence-corrected chi connectivity index (χ1v) is 10.8. The first-order valence-electron chi connectivity index (χ1n) is 9.96. The quantitative estimate of drug-likeness (QED) is 0.257. The lowest BCUT2D eigenvalue weighted by molar-refractivity contribution is -0.384. The van der Waals surface area contributed by atoms with Crippen molar-refractivity contribution in [2.75, 3.05) is 37.5 Å². The molecule has 32 heavy (non-hydrogen) atoms. The molecule has 3 rings (SSSR count). The van der Waals surface area contributed by atoms with Gasteiger partial charge in [0.05, 0.1) is 29.4 Å². The van der Waals surface area contributed by atoms with Gasteiger partial charge in [0.25, 0.3) is 11.6 Å². The summed E-state index contributed by atoms with van der Waals surface area (Å²) in [6, 6.07) is 11.7. The summed E-state index contributed by atoms with van der Waals surface area (Å²) in [5.41, 5.74) is 2.12. The summed E-state index contributed by atoms with van der Waals surface area (Å²) in [5, 5.41) is 17.4. The summed E-state index contributed by atoms with van der Waals surface area (Å²) in [6.07, 6.45) is 0. The SMILES string of the molecule is CCOc1ccc(-c2nc(NC(=O)c3cc([N+](=O)[O-])ccc3NCCOC)sc2C)cc1. The molecule has 0 radical (unpaired) electrons. The third-order valence-electron chi connectivity index (χ3n) is 4.54. The van der Waals surface area contributed by atoms with Gasteiger partial charge in [0.1, 0.15) is 5.75 Å². The van der Waals surface area contributed by atoms with Crippen molar-refractivity contribution in [1.29, 1.82) is 0 Å². The van der Waals surface area contributed by atoms with Gasteiger partial charge in [-0.1, -0.05) is 0 Å². The van der Waals surface area contributed by atoms with Crippen LogP contribution in [0, 0.1) is 17.0 Å². The van der Waals surface area contributed by atoms with Gasteiger partial charge in [-0.3, -0.25) is 20.2 Å². The Bertz CT molecular complexity index is 1100. The van der Waals surface area contributed by atoms with Gasteiger partial charge >= 0.3 is 0 Å². The Morgan fingerprint density at radius 3 is 2.62 bits per heavy atom. The highest BCUT2D eigenvalue weighted by Gasteiger charge is 2.19. The van der Waals surface area contributed by atoms with Crippen molar-refractivity contribution in [1.82, 2.24) is 4.98 Å². The van der Waals surface area contributed by atoms with Gasteiger partial charge in [-0.05, 0) is 44.2 Å². The van der Waals surface area contributed by atoms with Crippen LogP contribution in [0.1, 0.15) is 22.2 Å². The fraction of sp³-hybridized carbons (Fsp3) is 0.273. The van der Waals surface area contributed by atoms with Crippen molar-refractivity contribution in [2.24, 2.45) is 0 Å². The fourth-order valence-electron chi connectivity index (χ4n) is 3.03. The van der Waals surface area contributed by atoms with Gasteiger partial charge in [-0.25, -0.2) is 4.98 Å². The molecule has 0 saturated heterocycles. The summed E-state index contributed by atoms with van der Waals surface area (Å²) < 4.78 is 10.5. The fourth-order valence-corrected chi connectivity index (χ4v) is 3.86. The number of thiazole rings is 1. The Kier molecular flexibility index (Phi) is 7.74. The normalized spacial score (nSPS) is 10.6. The lowest BCUT2D eigenvalue weighted by Gasteiger charge is -2.11. The van der Waals surface area contributed by atoms with Crippen LogP contribution in [0.15, 0.2) is 42.5 Å². The average Bonchev–Trinajstić information content (AvgIpc) is 3.14. The van der Waals surface area contributed by atoms with Gasteiger partial charge in [-0.15, -0.1) is 11.3 Å².